The summed E-state index contributed by atoms with van der Waals surface area (Å²) in [5.41, 5.74) is 3.20. The molecule has 0 saturated carbocycles. The minimum absolute atomic E-state index is 0.512. The minimum Gasteiger partial charge on any atom is -0.264 e. The largest absolute Gasteiger partial charge is 0.264 e. The van der Waals surface area contributed by atoms with Gasteiger partial charge in [0.25, 0.3) is 0 Å². The number of aryl methyl sites for hydroxylation is 1. The van der Waals surface area contributed by atoms with Gasteiger partial charge in [0, 0.05) is 6.20 Å². The average Bonchev–Trinajstić information content (AvgIpc) is 2.50. The maximum absolute atomic E-state index is 5.73. The molecule has 3 nitrogen and oxygen atoms in total. The summed E-state index contributed by atoms with van der Waals surface area (Å²) >= 11 is 9.24. The Morgan fingerprint density at radius 2 is 2.12 bits per heavy atom. The van der Waals surface area contributed by atoms with Crippen LogP contribution in [0.25, 0.3) is 0 Å². The first kappa shape index (κ1) is 11.6. The molecule has 0 aliphatic carbocycles. The predicted molar refractivity (Wildman–Crippen MR) is 67.8 cm³/mol. The number of halogens is 2. The summed E-state index contributed by atoms with van der Waals surface area (Å²) in [6.07, 6.45) is 1.77. The molecule has 0 radical (unpaired) electrons. The summed E-state index contributed by atoms with van der Waals surface area (Å²) < 4.78 is 3.01. The second-order valence-electron chi connectivity index (χ2n) is 3.63. The van der Waals surface area contributed by atoms with Crippen LogP contribution in [0.4, 0.5) is 0 Å². The van der Waals surface area contributed by atoms with Crippen LogP contribution in [0.3, 0.4) is 0 Å². The highest BCUT2D eigenvalue weighted by molar-refractivity contribution is 9.10. The predicted octanol–water partition coefficient (Wildman–Crippen LogP) is 3.36. The van der Waals surface area contributed by atoms with Gasteiger partial charge in [0.1, 0.15) is 5.15 Å². The number of aromatic nitrogens is 3. The normalized spacial score (nSPS) is 10.8. The molecule has 0 unspecified atom stereocenters. The molecule has 0 aliphatic heterocycles. The Hall–Kier alpha value is -0.870. The van der Waals surface area contributed by atoms with Crippen molar-refractivity contribution in [3.8, 4) is 0 Å². The highest BCUT2D eigenvalue weighted by atomic mass is 79.9. The third kappa shape index (κ3) is 2.28. The molecule has 16 heavy (non-hydrogen) atoms. The first-order chi connectivity index (χ1) is 7.58. The second kappa shape index (κ2) is 4.55. The molecule has 0 fully saturated rings. The van der Waals surface area contributed by atoms with Gasteiger partial charge in [0.15, 0.2) is 0 Å². The van der Waals surface area contributed by atoms with Crippen LogP contribution < -0.4 is 0 Å². The van der Waals surface area contributed by atoms with Gasteiger partial charge >= 0.3 is 0 Å². The summed E-state index contributed by atoms with van der Waals surface area (Å²) in [5.74, 6) is 0. The molecule has 0 atom stereocenters. The van der Waals surface area contributed by atoms with Crippen LogP contribution in [0, 0.1) is 13.8 Å². The van der Waals surface area contributed by atoms with Crippen molar-refractivity contribution in [2.45, 2.75) is 20.4 Å². The Morgan fingerprint density at radius 3 is 2.62 bits per heavy atom. The first-order valence-electron chi connectivity index (χ1n) is 4.88. The quantitative estimate of drug-likeness (QED) is 0.796. The van der Waals surface area contributed by atoms with Crippen LogP contribution in [0.15, 0.2) is 22.8 Å². The van der Waals surface area contributed by atoms with E-state index >= 15 is 0 Å². The van der Waals surface area contributed by atoms with Gasteiger partial charge in [-0.2, -0.15) is 5.10 Å². The van der Waals surface area contributed by atoms with Crippen molar-refractivity contribution in [3.05, 3.63) is 44.9 Å². The monoisotopic (exact) mass is 299 g/mol. The van der Waals surface area contributed by atoms with Crippen LogP contribution >= 0.6 is 27.5 Å². The molecule has 84 valence electrons. The maximum Gasteiger partial charge on any atom is 0.129 e. The molecule has 0 amide bonds. The molecule has 2 rings (SSSR count). The lowest BCUT2D eigenvalue weighted by atomic mass is 10.3. The first-order valence-corrected chi connectivity index (χ1v) is 6.05. The van der Waals surface area contributed by atoms with Crippen molar-refractivity contribution in [1.29, 1.82) is 0 Å². The third-order valence-corrected chi connectivity index (χ3v) is 3.79. The van der Waals surface area contributed by atoms with Gasteiger partial charge in [0.2, 0.25) is 0 Å². The van der Waals surface area contributed by atoms with Crippen LogP contribution in [0.1, 0.15) is 17.0 Å². The van der Waals surface area contributed by atoms with Crippen molar-refractivity contribution in [3.63, 3.8) is 0 Å². The highest BCUT2D eigenvalue weighted by Gasteiger charge is 2.08. The van der Waals surface area contributed by atoms with Crippen LogP contribution in [-0.2, 0) is 6.54 Å². The van der Waals surface area contributed by atoms with E-state index in [1.807, 2.05) is 24.6 Å². The van der Waals surface area contributed by atoms with Gasteiger partial charge in [-0.25, -0.2) is 4.98 Å². The Labute approximate surface area is 108 Å². The maximum atomic E-state index is 5.73. The molecule has 0 spiro atoms. The molecular weight excluding hydrogens is 289 g/mol. The van der Waals surface area contributed by atoms with Gasteiger partial charge in [-0.1, -0.05) is 17.7 Å². The van der Waals surface area contributed by atoms with E-state index in [2.05, 4.69) is 26.0 Å². The van der Waals surface area contributed by atoms with E-state index in [1.54, 1.807) is 12.3 Å². The zero-order chi connectivity index (χ0) is 11.7. The highest BCUT2D eigenvalue weighted by Crippen LogP contribution is 2.20. The van der Waals surface area contributed by atoms with E-state index in [4.69, 9.17) is 11.6 Å². The fourth-order valence-electron chi connectivity index (χ4n) is 1.50. The topological polar surface area (TPSA) is 30.7 Å². The van der Waals surface area contributed by atoms with Crippen molar-refractivity contribution < 1.29 is 0 Å². The van der Waals surface area contributed by atoms with Gasteiger partial charge in [0.05, 0.1) is 22.4 Å². The average molecular weight is 301 g/mol. The van der Waals surface area contributed by atoms with Crippen LogP contribution in [0.5, 0.6) is 0 Å². The zero-order valence-corrected chi connectivity index (χ0v) is 11.4. The molecule has 0 aromatic carbocycles. The molecule has 0 saturated heterocycles. The summed E-state index contributed by atoms with van der Waals surface area (Å²) in [4.78, 5) is 4.05. The zero-order valence-electron chi connectivity index (χ0n) is 9.04. The third-order valence-electron chi connectivity index (χ3n) is 2.41. The van der Waals surface area contributed by atoms with E-state index in [0.29, 0.717) is 11.7 Å². The SMILES string of the molecule is Cc1nn(Cc2ccc(Cl)nc2)c(C)c1Br. The van der Waals surface area contributed by atoms with Crippen LogP contribution in [0.2, 0.25) is 5.15 Å². The smallest absolute Gasteiger partial charge is 0.129 e. The van der Waals surface area contributed by atoms with E-state index < -0.39 is 0 Å². The molecule has 2 aromatic rings. The van der Waals surface area contributed by atoms with E-state index in [9.17, 15) is 0 Å². The van der Waals surface area contributed by atoms with Crippen LogP contribution in [-0.4, -0.2) is 14.8 Å². The number of rotatable bonds is 2. The van der Waals surface area contributed by atoms with E-state index in [0.717, 1.165) is 21.4 Å². The number of pyridine rings is 1. The van der Waals surface area contributed by atoms with Crippen molar-refractivity contribution in [2.75, 3.05) is 0 Å². The Balaban J connectivity index is 2.27. The number of hydrogen-bond acceptors (Lipinski definition) is 2. The second-order valence-corrected chi connectivity index (χ2v) is 4.81. The molecule has 5 heteroatoms. The summed E-state index contributed by atoms with van der Waals surface area (Å²) in [6, 6.07) is 3.75. The standard InChI is InChI=1S/C11H11BrClN3/c1-7-11(12)8(2)16(15-7)6-9-3-4-10(13)14-5-9/h3-5H,6H2,1-2H3. The van der Waals surface area contributed by atoms with E-state index in [-0.39, 0.29) is 0 Å². The fourth-order valence-corrected chi connectivity index (χ4v) is 1.90. The van der Waals surface area contributed by atoms with E-state index in [1.165, 1.54) is 0 Å². The van der Waals surface area contributed by atoms with Crippen molar-refractivity contribution in [2.24, 2.45) is 0 Å². The molecule has 2 aromatic heterocycles. The van der Waals surface area contributed by atoms with Gasteiger partial charge < -0.3 is 0 Å². The lowest BCUT2D eigenvalue weighted by molar-refractivity contribution is 0.657. The van der Waals surface area contributed by atoms with Crippen molar-refractivity contribution >= 4 is 27.5 Å². The molecule has 0 N–H and O–H groups in total. The molecule has 0 aliphatic rings. The molecular formula is C11H11BrClN3. The molecule has 0 bridgehead atoms. The Bertz CT molecular complexity index is 505. The summed E-state index contributed by atoms with van der Waals surface area (Å²) in [6.45, 7) is 4.73. The number of nitrogens with zero attached hydrogens (tertiary/aromatic N) is 3. The van der Waals surface area contributed by atoms with Gasteiger partial charge in [-0.05, 0) is 41.4 Å². The van der Waals surface area contributed by atoms with Gasteiger partial charge in [-0.3, -0.25) is 4.68 Å². The number of hydrogen-bond donors (Lipinski definition) is 0. The summed E-state index contributed by atoms with van der Waals surface area (Å²) in [5, 5.41) is 4.95. The van der Waals surface area contributed by atoms with Crippen molar-refractivity contribution in [1.82, 2.24) is 14.8 Å². The Kier molecular flexibility index (Phi) is 3.30. The molecule has 2 heterocycles. The van der Waals surface area contributed by atoms with Gasteiger partial charge in [-0.15, -0.1) is 0 Å². The Morgan fingerprint density at radius 1 is 1.38 bits per heavy atom. The lowest BCUT2D eigenvalue weighted by Crippen LogP contribution is -2.04. The lowest BCUT2D eigenvalue weighted by Gasteiger charge is -2.04. The minimum atomic E-state index is 0.512. The fraction of sp³-hybridized carbons (Fsp3) is 0.273. The summed E-state index contributed by atoms with van der Waals surface area (Å²) in [7, 11) is 0.